The lowest BCUT2D eigenvalue weighted by Gasteiger charge is -2.29. The minimum absolute atomic E-state index is 0.133. The van der Waals surface area contributed by atoms with Crippen LogP contribution >= 0.6 is 0 Å². The number of hydrogen-bond acceptors (Lipinski definition) is 4. The van der Waals surface area contributed by atoms with Crippen LogP contribution in [0.1, 0.15) is 24.8 Å². The number of pyridine rings is 1. The zero-order chi connectivity index (χ0) is 13.9. The first-order chi connectivity index (χ1) is 9.04. The summed E-state index contributed by atoms with van der Waals surface area (Å²) < 4.78 is 26.1. The Hall–Kier alpha value is -0.980. The van der Waals surface area contributed by atoms with Gasteiger partial charge in [-0.2, -0.15) is 4.31 Å². The van der Waals surface area contributed by atoms with Crippen molar-refractivity contribution in [2.75, 3.05) is 20.6 Å². The van der Waals surface area contributed by atoms with Crippen molar-refractivity contribution in [1.29, 1.82) is 0 Å². The Morgan fingerprint density at radius 3 is 2.63 bits per heavy atom. The molecule has 19 heavy (non-hydrogen) atoms. The maximum atomic E-state index is 12.3. The molecule has 1 heterocycles. The van der Waals surface area contributed by atoms with Crippen LogP contribution in [0, 0.1) is 5.92 Å². The van der Waals surface area contributed by atoms with Crippen molar-refractivity contribution in [3.05, 3.63) is 23.9 Å². The van der Waals surface area contributed by atoms with Crippen LogP contribution in [0.2, 0.25) is 0 Å². The highest BCUT2D eigenvalue weighted by Crippen LogP contribution is 2.28. The van der Waals surface area contributed by atoms with Crippen molar-refractivity contribution in [2.45, 2.75) is 30.8 Å². The van der Waals surface area contributed by atoms with E-state index in [2.05, 4.69) is 10.3 Å². The van der Waals surface area contributed by atoms with E-state index in [-0.39, 0.29) is 5.03 Å². The second-order valence-electron chi connectivity index (χ2n) is 5.12. The van der Waals surface area contributed by atoms with Crippen molar-refractivity contribution in [2.24, 2.45) is 5.92 Å². The molecule has 1 aliphatic rings. The maximum Gasteiger partial charge on any atom is 0.260 e. The molecule has 0 atom stereocenters. The summed E-state index contributed by atoms with van der Waals surface area (Å²) in [6.45, 7) is 1.29. The highest BCUT2D eigenvalue weighted by atomic mass is 32.2. The molecule has 0 amide bonds. The third-order valence-corrected chi connectivity index (χ3v) is 5.33. The van der Waals surface area contributed by atoms with Gasteiger partial charge in [-0.1, -0.05) is 12.5 Å². The summed E-state index contributed by atoms with van der Waals surface area (Å²) in [5.74, 6) is 0.517. The second kappa shape index (κ2) is 5.98. The molecule has 0 aliphatic heterocycles. The molecule has 1 N–H and O–H groups in total. The van der Waals surface area contributed by atoms with Crippen molar-refractivity contribution in [3.63, 3.8) is 0 Å². The van der Waals surface area contributed by atoms with E-state index in [1.54, 1.807) is 25.4 Å². The smallest absolute Gasteiger partial charge is 0.260 e. The third-order valence-electron chi connectivity index (χ3n) is 3.59. The van der Waals surface area contributed by atoms with E-state index < -0.39 is 10.0 Å². The number of aromatic nitrogens is 1. The number of sulfonamides is 1. The summed E-state index contributed by atoms with van der Waals surface area (Å²) in [6.07, 6.45) is 5.10. The Bertz CT molecular complexity index is 509. The van der Waals surface area contributed by atoms with Gasteiger partial charge in [0.2, 0.25) is 0 Å². The monoisotopic (exact) mass is 283 g/mol. The van der Waals surface area contributed by atoms with Gasteiger partial charge < -0.3 is 5.32 Å². The van der Waals surface area contributed by atoms with Gasteiger partial charge in [0, 0.05) is 26.3 Å². The van der Waals surface area contributed by atoms with Gasteiger partial charge >= 0.3 is 0 Å². The molecule has 1 saturated carbocycles. The molecule has 1 aromatic rings. The van der Waals surface area contributed by atoms with E-state index in [0.717, 1.165) is 18.4 Å². The molecule has 2 rings (SSSR count). The summed E-state index contributed by atoms with van der Waals surface area (Å²) in [7, 11) is 0.0399. The normalized spacial score (nSPS) is 16.6. The van der Waals surface area contributed by atoms with E-state index >= 15 is 0 Å². The lowest BCUT2D eigenvalue weighted by Crippen LogP contribution is -2.34. The van der Waals surface area contributed by atoms with Crippen molar-refractivity contribution < 1.29 is 8.42 Å². The molecule has 1 aromatic heterocycles. The lowest BCUT2D eigenvalue weighted by atomic mass is 9.86. The highest BCUT2D eigenvalue weighted by Gasteiger charge is 2.27. The molecule has 0 saturated heterocycles. The summed E-state index contributed by atoms with van der Waals surface area (Å²) in [5.41, 5.74) is 0.975. The van der Waals surface area contributed by atoms with Gasteiger partial charge in [0.25, 0.3) is 10.0 Å². The number of nitrogens with zero attached hydrogens (tertiary/aromatic N) is 2. The van der Waals surface area contributed by atoms with Crippen LogP contribution < -0.4 is 5.32 Å². The zero-order valence-electron chi connectivity index (χ0n) is 11.5. The van der Waals surface area contributed by atoms with Crippen LogP contribution in [0.25, 0.3) is 0 Å². The first-order valence-electron chi connectivity index (χ1n) is 6.60. The average molecular weight is 283 g/mol. The fourth-order valence-electron chi connectivity index (χ4n) is 2.17. The van der Waals surface area contributed by atoms with Crippen LogP contribution in [0.5, 0.6) is 0 Å². The van der Waals surface area contributed by atoms with Gasteiger partial charge in [-0.15, -0.1) is 0 Å². The standard InChI is InChI=1S/C13H21N3O2S/c1-14-8-12-6-7-13(15-9-12)19(17,18)16(2)10-11-4-3-5-11/h6-7,9,11,14H,3-5,8,10H2,1-2H3. The molecule has 1 aliphatic carbocycles. The molecule has 0 bridgehead atoms. The highest BCUT2D eigenvalue weighted by molar-refractivity contribution is 7.89. The van der Waals surface area contributed by atoms with Crippen molar-refractivity contribution >= 4 is 10.0 Å². The van der Waals surface area contributed by atoms with Crippen LogP contribution in [0.3, 0.4) is 0 Å². The van der Waals surface area contributed by atoms with Gasteiger partial charge in [-0.05, 0) is 37.4 Å². The molecule has 106 valence electrons. The summed E-state index contributed by atoms with van der Waals surface area (Å²) in [6, 6.07) is 3.38. The largest absolute Gasteiger partial charge is 0.316 e. The Labute approximate surface area is 115 Å². The first-order valence-corrected chi connectivity index (χ1v) is 8.04. The Morgan fingerprint density at radius 2 is 2.16 bits per heavy atom. The van der Waals surface area contributed by atoms with Crippen molar-refractivity contribution in [3.8, 4) is 0 Å². The Balaban J connectivity index is 2.08. The van der Waals surface area contributed by atoms with Crippen LogP contribution in [0.15, 0.2) is 23.4 Å². The second-order valence-corrected chi connectivity index (χ2v) is 7.11. The van der Waals surface area contributed by atoms with E-state index in [4.69, 9.17) is 0 Å². The molecule has 0 aromatic carbocycles. The SMILES string of the molecule is CNCc1ccc(S(=O)(=O)N(C)CC2CCC2)nc1. The van der Waals surface area contributed by atoms with E-state index in [9.17, 15) is 8.42 Å². The predicted molar refractivity (Wildman–Crippen MR) is 74.2 cm³/mol. The van der Waals surface area contributed by atoms with Crippen molar-refractivity contribution in [1.82, 2.24) is 14.6 Å². The fraction of sp³-hybridized carbons (Fsp3) is 0.615. The van der Waals surface area contributed by atoms with Gasteiger partial charge in [0.05, 0.1) is 0 Å². The fourth-order valence-corrected chi connectivity index (χ4v) is 3.32. The summed E-state index contributed by atoms with van der Waals surface area (Å²) in [5, 5.41) is 3.14. The molecular formula is C13H21N3O2S. The number of nitrogens with one attached hydrogen (secondary N) is 1. The summed E-state index contributed by atoms with van der Waals surface area (Å²) in [4.78, 5) is 4.07. The van der Waals surface area contributed by atoms with Gasteiger partial charge in [-0.25, -0.2) is 13.4 Å². The minimum atomic E-state index is -3.44. The quantitative estimate of drug-likeness (QED) is 0.853. The molecule has 0 spiro atoms. The topological polar surface area (TPSA) is 62.3 Å². The van der Waals surface area contributed by atoms with Gasteiger partial charge in [-0.3, -0.25) is 0 Å². The molecule has 5 nitrogen and oxygen atoms in total. The van der Waals surface area contributed by atoms with Gasteiger partial charge in [0.15, 0.2) is 5.03 Å². The zero-order valence-corrected chi connectivity index (χ0v) is 12.3. The number of rotatable bonds is 6. The molecule has 6 heteroatoms. The average Bonchev–Trinajstić information content (AvgIpc) is 2.34. The number of hydrogen-bond donors (Lipinski definition) is 1. The molecule has 0 unspecified atom stereocenters. The van der Waals surface area contributed by atoms with Crippen LogP contribution in [0.4, 0.5) is 0 Å². The Morgan fingerprint density at radius 1 is 1.42 bits per heavy atom. The maximum absolute atomic E-state index is 12.3. The Kier molecular flexibility index (Phi) is 4.54. The molecular weight excluding hydrogens is 262 g/mol. The van der Waals surface area contributed by atoms with Crippen LogP contribution in [-0.2, 0) is 16.6 Å². The van der Waals surface area contributed by atoms with E-state index in [0.29, 0.717) is 19.0 Å². The molecule has 1 fully saturated rings. The lowest BCUT2D eigenvalue weighted by molar-refractivity contribution is 0.262. The third kappa shape index (κ3) is 3.32. The van der Waals surface area contributed by atoms with E-state index in [1.165, 1.54) is 10.7 Å². The van der Waals surface area contributed by atoms with Crippen LogP contribution in [-0.4, -0.2) is 38.3 Å². The molecule has 0 radical (unpaired) electrons. The first kappa shape index (κ1) is 14.4. The van der Waals surface area contributed by atoms with Gasteiger partial charge in [0.1, 0.15) is 0 Å². The minimum Gasteiger partial charge on any atom is -0.316 e. The predicted octanol–water partition coefficient (Wildman–Crippen LogP) is 1.22. The summed E-state index contributed by atoms with van der Waals surface area (Å²) >= 11 is 0. The van der Waals surface area contributed by atoms with E-state index in [1.807, 2.05) is 7.05 Å².